The molecule has 0 radical (unpaired) electrons. The Hall–Kier alpha value is -3.13. The molecule has 0 spiro atoms. The van der Waals surface area contributed by atoms with Gasteiger partial charge in [-0.25, -0.2) is 9.18 Å². The highest BCUT2D eigenvalue weighted by Gasteiger charge is 2.33. The zero-order chi connectivity index (χ0) is 19.7. The van der Waals surface area contributed by atoms with E-state index in [4.69, 9.17) is 10.5 Å². The predicted molar refractivity (Wildman–Crippen MR) is 102 cm³/mol. The van der Waals surface area contributed by atoms with Gasteiger partial charge in [0.15, 0.2) is 0 Å². The van der Waals surface area contributed by atoms with E-state index < -0.39 is 18.0 Å². The molecule has 2 aliphatic heterocycles. The molecule has 2 amide bonds. The third kappa shape index (κ3) is 3.50. The van der Waals surface area contributed by atoms with E-state index in [0.29, 0.717) is 31.1 Å². The van der Waals surface area contributed by atoms with Gasteiger partial charge in [-0.1, -0.05) is 30.3 Å². The van der Waals surface area contributed by atoms with Gasteiger partial charge in [0.1, 0.15) is 11.9 Å². The number of cyclic esters (lactones) is 1. The van der Waals surface area contributed by atoms with Crippen LogP contribution >= 0.6 is 0 Å². The highest BCUT2D eigenvalue weighted by atomic mass is 19.1. The summed E-state index contributed by atoms with van der Waals surface area (Å²) in [5, 5.41) is 0. The van der Waals surface area contributed by atoms with Crippen LogP contribution in [-0.4, -0.2) is 49.3 Å². The van der Waals surface area contributed by atoms with Crippen LogP contribution in [0.5, 0.6) is 0 Å². The maximum Gasteiger partial charge on any atom is 0.414 e. The molecule has 2 aliphatic rings. The Balaban J connectivity index is 1.48. The van der Waals surface area contributed by atoms with E-state index in [2.05, 4.69) is 0 Å². The van der Waals surface area contributed by atoms with E-state index in [0.717, 1.165) is 5.56 Å². The fourth-order valence-corrected chi connectivity index (χ4v) is 3.48. The normalized spacial score (nSPS) is 19.5. The molecule has 7 nitrogen and oxygen atoms in total. The topological polar surface area (TPSA) is 79.1 Å². The first-order chi connectivity index (χ1) is 13.5. The van der Waals surface area contributed by atoms with Crippen LogP contribution < -0.4 is 15.5 Å². The van der Waals surface area contributed by atoms with Crippen molar-refractivity contribution < 1.29 is 18.7 Å². The average molecular weight is 384 g/mol. The van der Waals surface area contributed by atoms with Gasteiger partial charge in [-0.2, -0.15) is 0 Å². The van der Waals surface area contributed by atoms with Crippen molar-refractivity contribution in [1.29, 1.82) is 0 Å². The van der Waals surface area contributed by atoms with Crippen LogP contribution in [-0.2, 0) is 16.1 Å². The van der Waals surface area contributed by atoms with Gasteiger partial charge in [0.05, 0.1) is 31.1 Å². The SMILES string of the molecule is NC[C@H]1CN(c2ccc(N3CC(=O)N(Cc4ccccc4)C3)c(F)c2)C(=O)O1. The molecule has 0 saturated carbocycles. The third-order valence-electron chi connectivity index (χ3n) is 4.96. The summed E-state index contributed by atoms with van der Waals surface area (Å²) in [4.78, 5) is 29.0. The molecule has 28 heavy (non-hydrogen) atoms. The number of halogens is 1. The summed E-state index contributed by atoms with van der Waals surface area (Å²) in [7, 11) is 0. The molecule has 146 valence electrons. The molecule has 1 atom stereocenters. The molecular formula is C20H21FN4O3. The zero-order valence-electron chi connectivity index (χ0n) is 15.3. The number of benzene rings is 2. The number of rotatable bonds is 5. The molecule has 0 unspecified atom stereocenters. The van der Waals surface area contributed by atoms with Gasteiger partial charge in [-0.05, 0) is 23.8 Å². The first-order valence-corrected chi connectivity index (χ1v) is 9.09. The Morgan fingerprint density at radius 2 is 1.93 bits per heavy atom. The lowest BCUT2D eigenvalue weighted by Gasteiger charge is -2.21. The number of amides is 2. The summed E-state index contributed by atoms with van der Waals surface area (Å²) in [5.41, 5.74) is 7.30. The molecular weight excluding hydrogens is 363 g/mol. The number of nitrogens with two attached hydrogens (primary N) is 1. The van der Waals surface area contributed by atoms with Gasteiger partial charge in [-0.15, -0.1) is 0 Å². The van der Waals surface area contributed by atoms with E-state index in [1.807, 2.05) is 30.3 Å². The predicted octanol–water partition coefficient (Wildman–Crippen LogP) is 1.92. The number of hydrogen-bond acceptors (Lipinski definition) is 5. The van der Waals surface area contributed by atoms with E-state index in [-0.39, 0.29) is 19.0 Å². The van der Waals surface area contributed by atoms with Crippen molar-refractivity contribution in [3.05, 3.63) is 59.9 Å². The molecule has 8 heteroatoms. The largest absolute Gasteiger partial charge is 0.443 e. The molecule has 0 bridgehead atoms. The quantitative estimate of drug-likeness (QED) is 0.852. The van der Waals surface area contributed by atoms with Crippen molar-refractivity contribution in [2.45, 2.75) is 12.6 Å². The van der Waals surface area contributed by atoms with Gasteiger partial charge >= 0.3 is 6.09 Å². The minimum absolute atomic E-state index is 0.0544. The molecule has 4 rings (SSSR count). The summed E-state index contributed by atoms with van der Waals surface area (Å²) in [5.74, 6) is -0.544. The zero-order valence-corrected chi connectivity index (χ0v) is 15.3. The van der Waals surface area contributed by atoms with Crippen LogP contribution in [0.4, 0.5) is 20.6 Å². The van der Waals surface area contributed by atoms with Crippen LogP contribution in [0.2, 0.25) is 0 Å². The first-order valence-electron chi connectivity index (χ1n) is 9.09. The Kier molecular flexibility index (Phi) is 4.87. The van der Waals surface area contributed by atoms with Gasteiger partial charge in [0.2, 0.25) is 5.91 Å². The van der Waals surface area contributed by atoms with Crippen molar-refractivity contribution in [3.63, 3.8) is 0 Å². The first kappa shape index (κ1) is 18.2. The standard InChI is InChI=1S/C20H21FN4O3/c21-17-8-15(25-11-16(9-22)28-20(25)27)6-7-18(17)23-12-19(26)24(13-23)10-14-4-2-1-3-5-14/h1-8,16H,9-13,22H2/t16-/m0/s1. The highest BCUT2D eigenvalue weighted by Crippen LogP contribution is 2.29. The van der Waals surface area contributed by atoms with Gasteiger partial charge in [-0.3, -0.25) is 9.69 Å². The monoisotopic (exact) mass is 384 g/mol. The molecule has 2 aromatic rings. The third-order valence-corrected chi connectivity index (χ3v) is 4.96. The van der Waals surface area contributed by atoms with Gasteiger partial charge in [0.25, 0.3) is 0 Å². The van der Waals surface area contributed by atoms with Crippen LogP contribution in [0.1, 0.15) is 5.56 Å². The van der Waals surface area contributed by atoms with E-state index >= 15 is 0 Å². The number of carbonyl (C=O) groups excluding carboxylic acids is 2. The van der Waals surface area contributed by atoms with E-state index in [1.165, 1.54) is 11.0 Å². The molecule has 2 heterocycles. The number of ether oxygens (including phenoxy) is 1. The number of anilines is 2. The van der Waals surface area contributed by atoms with E-state index in [1.54, 1.807) is 21.9 Å². The van der Waals surface area contributed by atoms with Crippen molar-refractivity contribution in [3.8, 4) is 0 Å². The van der Waals surface area contributed by atoms with Crippen LogP contribution in [0.25, 0.3) is 0 Å². The maximum atomic E-state index is 14.8. The van der Waals surface area contributed by atoms with Crippen molar-refractivity contribution >= 4 is 23.4 Å². The average Bonchev–Trinajstić information content (AvgIpc) is 3.25. The minimum atomic E-state index is -0.534. The molecule has 2 aromatic carbocycles. The molecule has 2 fully saturated rings. The second-order valence-corrected chi connectivity index (χ2v) is 6.90. The van der Waals surface area contributed by atoms with Crippen LogP contribution in [0, 0.1) is 5.82 Å². The number of carbonyl (C=O) groups is 2. The molecule has 0 aromatic heterocycles. The van der Waals surface area contributed by atoms with Crippen molar-refractivity contribution in [2.24, 2.45) is 5.73 Å². The second-order valence-electron chi connectivity index (χ2n) is 6.90. The summed E-state index contributed by atoms with van der Waals surface area (Å²) >= 11 is 0. The van der Waals surface area contributed by atoms with Gasteiger partial charge in [0, 0.05) is 13.1 Å². The Morgan fingerprint density at radius 1 is 1.14 bits per heavy atom. The molecule has 0 aliphatic carbocycles. The Bertz CT molecular complexity index is 892. The molecule has 2 N–H and O–H groups in total. The highest BCUT2D eigenvalue weighted by molar-refractivity contribution is 5.90. The van der Waals surface area contributed by atoms with Crippen molar-refractivity contribution in [2.75, 3.05) is 36.1 Å². The van der Waals surface area contributed by atoms with Crippen molar-refractivity contribution in [1.82, 2.24) is 4.90 Å². The Morgan fingerprint density at radius 3 is 2.61 bits per heavy atom. The fourth-order valence-electron chi connectivity index (χ4n) is 3.48. The lowest BCUT2D eigenvalue weighted by atomic mass is 10.2. The lowest BCUT2D eigenvalue weighted by molar-refractivity contribution is -0.127. The smallest absolute Gasteiger partial charge is 0.414 e. The van der Waals surface area contributed by atoms with Gasteiger partial charge < -0.3 is 20.3 Å². The fraction of sp³-hybridized carbons (Fsp3) is 0.300. The van der Waals surface area contributed by atoms with Crippen LogP contribution in [0.15, 0.2) is 48.5 Å². The molecule has 2 saturated heterocycles. The second kappa shape index (κ2) is 7.47. The maximum absolute atomic E-state index is 14.8. The lowest BCUT2D eigenvalue weighted by Crippen LogP contribution is -2.28. The minimum Gasteiger partial charge on any atom is -0.443 e. The number of nitrogens with zero attached hydrogens (tertiary/aromatic N) is 3. The Labute approximate surface area is 162 Å². The summed E-state index contributed by atoms with van der Waals surface area (Å²) < 4.78 is 19.9. The summed E-state index contributed by atoms with van der Waals surface area (Å²) in [6.45, 7) is 1.42. The number of hydrogen-bond donors (Lipinski definition) is 1. The van der Waals surface area contributed by atoms with Crippen LogP contribution in [0.3, 0.4) is 0 Å². The summed E-state index contributed by atoms with van der Waals surface area (Å²) in [6.07, 6.45) is -0.925. The van der Waals surface area contributed by atoms with E-state index in [9.17, 15) is 14.0 Å². The summed E-state index contributed by atoms with van der Waals surface area (Å²) in [6, 6.07) is 14.2.